The summed E-state index contributed by atoms with van der Waals surface area (Å²) in [7, 11) is 1.82. The molecule has 0 unspecified atom stereocenters. The van der Waals surface area contributed by atoms with Gasteiger partial charge < -0.3 is 0 Å². The smallest absolute Gasteiger partial charge is 0.179 e. The third-order valence-electron chi connectivity index (χ3n) is 2.53. The zero-order valence-electron chi connectivity index (χ0n) is 10.6. The maximum absolute atomic E-state index is 13.4. The first-order chi connectivity index (χ1) is 8.54. The minimum atomic E-state index is -0.794. The second-order valence-electron chi connectivity index (χ2n) is 4.13. The van der Waals surface area contributed by atoms with Crippen LogP contribution in [-0.4, -0.2) is 42.8 Å². The molecule has 0 atom stereocenters. The Morgan fingerprint density at radius 3 is 2.72 bits per heavy atom. The molecule has 0 amide bonds. The predicted molar refractivity (Wildman–Crippen MR) is 71.2 cm³/mol. The van der Waals surface area contributed by atoms with Crippen LogP contribution in [-0.2, 0) is 0 Å². The van der Waals surface area contributed by atoms with Crippen molar-refractivity contribution in [3.05, 3.63) is 35.4 Å². The fourth-order valence-electron chi connectivity index (χ4n) is 1.60. The fraction of sp³-hybridized carbons (Fsp3) is 0.462. The fourth-order valence-corrected chi connectivity index (χ4v) is 2.02. The molecule has 100 valence electrons. The molecule has 0 radical (unpaired) electrons. The summed E-state index contributed by atoms with van der Waals surface area (Å²) in [5, 5.41) is 0. The summed E-state index contributed by atoms with van der Waals surface area (Å²) in [5.41, 5.74) is -0.0480. The van der Waals surface area contributed by atoms with E-state index in [1.807, 2.05) is 18.2 Å². The van der Waals surface area contributed by atoms with Crippen LogP contribution >= 0.6 is 11.8 Å². The van der Waals surface area contributed by atoms with Gasteiger partial charge in [0.15, 0.2) is 5.78 Å². The Bertz CT molecular complexity index is 412. The lowest BCUT2D eigenvalue weighted by Gasteiger charge is -2.15. The van der Waals surface area contributed by atoms with E-state index in [1.165, 1.54) is 6.07 Å². The molecular weight excluding hydrogens is 256 g/mol. The molecule has 0 spiro atoms. The molecule has 0 heterocycles. The molecule has 0 aromatic heterocycles. The van der Waals surface area contributed by atoms with E-state index >= 15 is 0 Å². The van der Waals surface area contributed by atoms with Crippen molar-refractivity contribution in [3.63, 3.8) is 0 Å². The second-order valence-corrected chi connectivity index (χ2v) is 5.12. The summed E-state index contributed by atoms with van der Waals surface area (Å²) < 4.78 is 26.1. The predicted octanol–water partition coefficient (Wildman–Crippen LogP) is 2.83. The Morgan fingerprint density at radius 1 is 1.39 bits per heavy atom. The highest BCUT2D eigenvalue weighted by atomic mass is 32.2. The van der Waals surface area contributed by atoms with Crippen LogP contribution in [0.3, 0.4) is 0 Å². The van der Waals surface area contributed by atoms with Gasteiger partial charge in [0.2, 0.25) is 0 Å². The van der Waals surface area contributed by atoms with E-state index in [2.05, 4.69) is 0 Å². The van der Waals surface area contributed by atoms with Gasteiger partial charge in [-0.25, -0.2) is 8.78 Å². The van der Waals surface area contributed by atoms with Crippen molar-refractivity contribution in [2.45, 2.75) is 6.42 Å². The van der Waals surface area contributed by atoms with Crippen molar-refractivity contribution < 1.29 is 13.6 Å². The Kier molecular flexibility index (Phi) is 6.29. The molecule has 0 aliphatic heterocycles. The van der Waals surface area contributed by atoms with Gasteiger partial charge >= 0.3 is 0 Å². The summed E-state index contributed by atoms with van der Waals surface area (Å²) in [4.78, 5) is 13.7. The van der Waals surface area contributed by atoms with Crippen LogP contribution in [0.15, 0.2) is 18.2 Å². The molecule has 0 N–H and O–H groups in total. The zero-order valence-corrected chi connectivity index (χ0v) is 11.4. The van der Waals surface area contributed by atoms with Gasteiger partial charge in [0.1, 0.15) is 11.6 Å². The number of nitrogens with zero attached hydrogens (tertiary/aromatic N) is 1. The molecule has 1 aromatic carbocycles. The molecule has 1 rings (SSSR count). The molecule has 0 fully saturated rings. The first-order valence-electron chi connectivity index (χ1n) is 5.70. The van der Waals surface area contributed by atoms with Gasteiger partial charge in [0, 0.05) is 6.07 Å². The third-order valence-corrected chi connectivity index (χ3v) is 3.23. The normalized spacial score (nSPS) is 10.9. The number of halogens is 2. The monoisotopic (exact) mass is 273 g/mol. The number of Topliss-reactive ketones (excluding diaryl/α,β-unsaturated/α-hetero) is 1. The summed E-state index contributed by atoms with van der Waals surface area (Å²) >= 11 is 1.75. The van der Waals surface area contributed by atoms with Crippen LogP contribution in [0.4, 0.5) is 8.78 Å². The number of benzene rings is 1. The van der Waals surface area contributed by atoms with Gasteiger partial charge in [-0.1, -0.05) is 0 Å². The third kappa shape index (κ3) is 4.74. The Hall–Kier alpha value is -0.940. The highest BCUT2D eigenvalue weighted by Crippen LogP contribution is 2.11. The molecule has 0 aliphatic rings. The molecule has 1 aromatic rings. The van der Waals surface area contributed by atoms with Gasteiger partial charge in [-0.3, -0.25) is 9.69 Å². The number of carbonyl (C=O) groups excluding carboxylic acids is 1. The van der Waals surface area contributed by atoms with Crippen molar-refractivity contribution in [1.82, 2.24) is 4.90 Å². The number of carbonyl (C=O) groups is 1. The maximum atomic E-state index is 13.4. The van der Waals surface area contributed by atoms with Crippen molar-refractivity contribution in [3.8, 4) is 0 Å². The topological polar surface area (TPSA) is 20.3 Å². The van der Waals surface area contributed by atoms with Crippen LogP contribution in [0.1, 0.15) is 16.8 Å². The maximum Gasteiger partial charge on any atom is 0.179 e. The van der Waals surface area contributed by atoms with Crippen LogP contribution in [0.2, 0.25) is 0 Å². The minimum absolute atomic E-state index is 0.0480. The Balaban J connectivity index is 2.54. The van der Waals surface area contributed by atoms with Crippen molar-refractivity contribution in [2.24, 2.45) is 0 Å². The average Bonchev–Trinajstić information content (AvgIpc) is 2.28. The Morgan fingerprint density at radius 2 is 2.11 bits per heavy atom. The van der Waals surface area contributed by atoms with Crippen LogP contribution in [0, 0.1) is 11.6 Å². The quantitative estimate of drug-likeness (QED) is 0.563. The molecule has 0 saturated carbocycles. The lowest BCUT2D eigenvalue weighted by molar-refractivity contribution is 0.0942. The standard InChI is InChI=1S/C13H17F2NOS/c1-16(6-3-7-18-2)9-13(17)11-5-4-10(14)8-12(11)15/h4-5,8H,3,6-7,9H2,1-2H3. The highest BCUT2D eigenvalue weighted by Gasteiger charge is 2.14. The van der Waals surface area contributed by atoms with Crippen LogP contribution < -0.4 is 0 Å². The van der Waals surface area contributed by atoms with Crippen molar-refractivity contribution in [1.29, 1.82) is 0 Å². The summed E-state index contributed by atoms with van der Waals surface area (Å²) in [5.74, 6) is -0.752. The lowest BCUT2D eigenvalue weighted by Crippen LogP contribution is -2.27. The number of thioether (sulfide) groups is 1. The molecular formula is C13H17F2NOS. The minimum Gasteiger partial charge on any atom is -0.299 e. The van der Waals surface area contributed by atoms with Gasteiger partial charge in [-0.05, 0) is 44.2 Å². The highest BCUT2D eigenvalue weighted by molar-refractivity contribution is 7.98. The van der Waals surface area contributed by atoms with E-state index in [9.17, 15) is 13.6 Å². The molecule has 0 bridgehead atoms. The number of likely N-dealkylation sites (N-methyl/N-ethyl adjacent to an activating group) is 1. The molecule has 2 nitrogen and oxygen atoms in total. The first-order valence-corrected chi connectivity index (χ1v) is 7.09. The van der Waals surface area contributed by atoms with E-state index in [0.29, 0.717) is 0 Å². The van der Waals surface area contributed by atoms with Crippen molar-refractivity contribution >= 4 is 17.5 Å². The van der Waals surface area contributed by atoms with E-state index in [0.717, 1.165) is 30.9 Å². The van der Waals surface area contributed by atoms with Gasteiger partial charge in [0.05, 0.1) is 12.1 Å². The van der Waals surface area contributed by atoms with E-state index in [-0.39, 0.29) is 17.9 Å². The van der Waals surface area contributed by atoms with Gasteiger partial charge in [-0.15, -0.1) is 0 Å². The second kappa shape index (κ2) is 7.48. The molecule has 18 heavy (non-hydrogen) atoms. The number of ketones is 1. The zero-order chi connectivity index (χ0) is 13.5. The number of hydrogen-bond donors (Lipinski definition) is 0. The van der Waals surface area contributed by atoms with E-state index in [1.54, 1.807) is 11.8 Å². The SMILES string of the molecule is CSCCCN(C)CC(=O)c1ccc(F)cc1F. The first kappa shape index (κ1) is 15.1. The average molecular weight is 273 g/mol. The number of hydrogen-bond acceptors (Lipinski definition) is 3. The largest absolute Gasteiger partial charge is 0.299 e. The summed E-state index contributed by atoms with van der Waals surface area (Å²) in [6, 6.07) is 3.04. The number of rotatable bonds is 7. The van der Waals surface area contributed by atoms with Crippen LogP contribution in [0.25, 0.3) is 0 Å². The van der Waals surface area contributed by atoms with E-state index < -0.39 is 11.6 Å². The molecule has 5 heteroatoms. The molecule has 0 aliphatic carbocycles. The van der Waals surface area contributed by atoms with Crippen LogP contribution in [0.5, 0.6) is 0 Å². The summed E-state index contributed by atoms with van der Waals surface area (Å²) in [6.45, 7) is 0.937. The van der Waals surface area contributed by atoms with Gasteiger partial charge in [0.25, 0.3) is 0 Å². The molecule has 0 saturated heterocycles. The van der Waals surface area contributed by atoms with E-state index in [4.69, 9.17) is 0 Å². The van der Waals surface area contributed by atoms with Crippen molar-refractivity contribution in [2.75, 3.05) is 32.1 Å². The Labute approximate surface area is 110 Å². The van der Waals surface area contributed by atoms with Gasteiger partial charge in [-0.2, -0.15) is 11.8 Å². The lowest BCUT2D eigenvalue weighted by atomic mass is 10.1. The summed E-state index contributed by atoms with van der Waals surface area (Å²) in [6.07, 6.45) is 3.01.